The predicted molar refractivity (Wildman–Crippen MR) is 54.1 cm³/mol. The van der Waals surface area contributed by atoms with Gasteiger partial charge < -0.3 is 4.42 Å². The maximum Gasteiger partial charge on any atom is 0.245 e. The average molecular weight is 220 g/mol. The molecule has 0 aromatic carbocycles. The second-order valence-electron chi connectivity index (χ2n) is 2.82. The molecule has 0 radical (unpaired) electrons. The van der Waals surface area contributed by atoms with Crippen molar-refractivity contribution in [2.45, 2.75) is 6.42 Å². The van der Waals surface area contributed by atoms with Gasteiger partial charge >= 0.3 is 0 Å². The first-order valence-corrected chi connectivity index (χ1v) is 4.61. The third kappa shape index (κ3) is 2.14. The molecule has 0 aliphatic heterocycles. The van der Waals surface area contributed by atoms with Crippen LogP contribution in [0.2, 0.25) is 5.15 Å². The number of hydrogen-bond acceptors (Lipinski definition) is 4. The first kappa shape index (κ1) is 9.69. The van der Waals surface area contributed by atoms with Gasteiger partial charge in [-0.25, -0.2) is 9.97 Å². The number of hydrogen-bond donors (Lipinski definition) is 0. The van der Waals surface area contributed by atoms with E-state index in [0.717, 1.165) is 0 Å². The Bertz CT molecular complexity index is 515. The summed E-state index contributed by atoms with van der Waals surface area (Å²) in [6, 6.07) is 7.17. The number of oxazole rings is 1. The van der Waals surface area contributed by atoms with E-state index >= 15 is 0 Å². The van der Waals surface area contributed by atoms with Gasteiger partial charge in [-0.05, 0) is 12.1 Å². The zero-order valence-corrected chi connectivity index (χ0v) is 8.40. The molecular weight excluding hydrogens is 214 g/mol. The molecule has 2 rings (SSSR count). The molecule has 5 heteroatoms. The molecular formula is C10H6ClN3O. The molecule has 0 amide bonds. The fourth-order valence-electron chi connectivity index (χ4n) is 1.11. The fourth-order valence-corrected chi connectivity index (χ4v) is 1.28. The van der Waals surface area contributed by atoms with Gasteiger partial charge in [0.1, 0.15) is 17.1 Å². The van der Waals surface area contributed by atoms with E-state index in [9.17, 15) is 0 Å². The van der Waals surface area contributed by atoms with Crippen molar-refractivity contribution in [3.63, 3.8) is 0 Å². The lowest BCUT2D eigenvalue weighted by Crippen LogP contribution is -1.85. The highest BCUT2D eigenvalue weighted by molar-refractivity contribution is 6.29. The molecule has 0 atom stereocenters. The highest BCUT2D eigenvalue weighted by Gasteiger charge is 2.07. The van der Waals surface area contributed by atoms with E-state index in [1.807, 2.05) is 6.07 Å². The number of aromatic nitrogens is 2. The highest BCUT2D eigenvalue weighted by atomic mass is 35.5. The Kier molecular flexibility index (Phi) is 2.66. The smallest absolute Gasteiger partial charge is 0.245 e. The standard InChI is InChI=1S/C10H6ClN3O/c11-9-3-1-2-8(14-9)10-13-7(4-5-12)6-15-10/h1-3,6H,4H2. The van der Waals surface area contributed by atoms with Crippen LogP contribution in [-0.4, -0.2) is 9.97 Å². The Hall–Kier alpha value is -1.86. The van der Waals surface area contributed by atoms with Crippen LogP contribution in [0, 0.1) is 11.3 Å². The molecule has 0 saturated carbocycles. The first-order chi connectivity index (χ1) is 7.29. The second-order valence-corrected chi connectivity index (χ2v) is 3.21. The van der Waals surface area contributed by atoms with Crippen LogP contribution < -0.4 is 0 Å². The van der Waals surface area contributed by atoms with Gasteiger partial charge in [0.2, 0.25) is 5.89 Å². The van der Waals surface area contributed by atoms with Gasteiger partial charge in [-0.3, -0.25) is 0 Å². The van der Waals surface area contributed by atoms with Crippen LogP contribution in [0.15, 0.2) is 28.9 Å². The summed E-state index contributed by atoms with van der Waals surface area (Å²) >= 11 is 5.73. The zero-order valence-electron chi connectivity index (χ0n) is 7.64. The molecule has 0 bridgehead atoms. The third-order valence-electron chi connectivity index (χ3n) is 1.75. The normalized spacial score (nSPS) is 9.87. The maximum atomic E-state index is 8.48. The van der Waals surface area contributed by atoms with E-state index < -0.39 is 0 Å². The van der Waals surface area contributed by atoms with Gasteiger partial charge in [-0.1, -0.05) is 17.7 Å². The molecule has 0 spiro atoms. The fraction of sp³-hybridized carbons (Fsp3) is 0.100. The molecule has 74 valence electrons. The molecule has 0 aliphatic rings. The number of halogens is 1. The molecule has 0 aliphatic carbocycles. The van der Waals surface area contributed by atoms with Crippen molar-refractivity contribution in [2.75, 3.05) is 0 Å². The van der Waals surface area contributed by atoms with Gasteiger partial charge in [-0.15, -0.1) is 0 Å². The molecule has 0 fully saturated rings. The average Bonchev–Trinajstić information content (AvgIpc) is 2.67. The van der Waals surface area contributed by atoms with Crippen LogP contribution >= 0.6 is 11.6 Å². The predicted octanol–water partition coefficient (Wildman–Crippen LogP) is 2.46. The van der Waals surface area contributed by atoms with E-state index in [-0.39, 0.29) is 6.42 Å². The van der Waals surface area contributed by atoms with E-state index in [0.29, 0.717) is 22.4 Å². The van der Waals surface area contributed by atoms with Crippen LogP contribution in [0.5, 0.6) is 0 Å². The molecule has 0 N–H and O–H groups in total. The van der Waals surface area contributed by atoms with Gasteiger partial charge in [0, 0.05) is 0 Å². The lowest BCUT2D eigenvalue weighted by atomic mass is 10.3. The van der Waals surface area contributed by atoms with Crippen molar-refractivity contribution >= 4 is 11.6 Å². The summed E-state index contributed by atoms with van der Waals surface area (Å²) in [4.78, 5) is 8.14. The molecule has 2 aromatic rings. The summed E-state index contributed by atoms with van der Waals surface area (Å²) in [6.07, 6.45) is 1.67. The quantitative estimate of drug-likeness (QED) is 0.728. The summed E-state index contributed by atoms with van der Waals surface area (Å²) in [5, 5.41) is 8.86. The lowest BCUT2D eigenvalue weighted by Gasteiger charge is -1.93. The van der Waals surface area contributed by atoms with Crippen molar-refractivity contribution < 1.29 is 4.42 Å². The number of nitriles is 1. The Balaban J connectivity index is 2.34. The molecule has 4 nitrogen and oxygen atoms in total. The van der Waals surface area contributed by atoms with Gasteiger partial charge in [-0.2, -0.15) is 5.26 Å². The third-order valence-corrected chi connectivity index (χ3v) is 1.96. The van der Waals surface area contributed by atoms with Crippen LogP contribution in [0.3, 0.4) is 0 Å². The second kappa shape index (κ2) is 4.11. The van der Waals surface area contributed by atoms with Crippen molar-refractivity contribution in [1.29, 1.82) is 5.26 Å². The Morgan fingerprint density at radius 1 is 1.40 bits per heavy atom. The van der Waals surface area contributed by atoms with Gasteiger partial charge in [0.15, 0.2) is 0 Å². The van der Waals surface area contributed by atoms with E-state index in [2.05, 4.69) is 9.97 Å². The molecule has 15 heavy (non-hydrogen) atoms. The van der Waals surface area contributed by atoms with Gasteiger partial charge in [0.25, 0.3) is 0 Å². The summed E-state index contributed by atoms with van der Waals surface area (Å²) < 4.78 is 5.17. The van der Waals surface area contributed by atoms with Crippen molar-refractivity contribution in [2.24, 2.45) is 0 Å². The SMILES string of the molecule is N#CCc1coc(-c2cccc(Cl)n2)n1. The van der Waals surface area contributed by atoms with Gasteiger partial charge in [0.05, 0.1) is 18.2 Å². The number of nitrogens with zero attached hydrogens (tertiary/aromatic N) is 3. The zero-order chi connectivity index (χ0) is 10.7. The topological polar surface area (TPSA) is 62.7 Å². The van der Waals surface area contributed by atoms with Crippen molar-refractivity contribution in [3.8, 4) is 17.7 Å². The Labute approximate surface area is 91.1 Å². The van der Waals surface area contributed by atoms with Crippen molar-refractivity contribution in [1.82, 2.24) is 9.97 Å². The monoisotopic (exact) mass is 219 g/mol. The molecule has 2 heterocycles. The summed E-state index contributed by atoms with van der Waals surface area (Å²) in [6.45, 7) is 0. The van der Waals surface area contributed by atoms with Crippen LogP contribution in [0.25, 0.3) is 11.6 Å². The highest BCUT2D eigenvalue weighted by Crippen LogP contribution is 2.18. The Morgan fingerprint density at radius 2 is 2.27 bits per heavy atom. The molecule has 0 saturated heterocycles. The largest absolute Gasteiger partial charge is 0.443 e. The minimum atomic E-state index is 0.226. The Morgan fingerprint density at radius 3 is 3.00 bits per heavy atom. The molecule has 2 aromatic heterocycles. The van der Waals surface area contributed by atoms with Crippen LogP contribution in [0.1, 0.15) is 5.69 Å². The van der Waals surface area contributed by atoms with Crippen LogP contribution in [0.4, 0.5) is 0 Å². The summed E-state index contributed by atoms with van der Waals surface area (Å²) in [7, 11) is 0. The maximum absolute atomic E-state index is 8.48. The van der Waals surface area contributed by atoms with E-state index in [1.165, 1.54) is 6.26 Å². The van der Waals surface area contributed by atoms with E-state index in [4.69, 9.17) is 21.3 Å². The summed E-state index contributed by atoms with van der Waals surface area (Å²) in [5.41, 5.74) is 1.15. The number of pyridine rings is 1. The number of rotatable bonds is 2. The van der Waals surface area contributed by atoms with Crippen molar-refractivity contribution in [3.05, 3.63) is 35.3 Å². The summed E-state index contributed by atoms with van der Waals surface area (Å²) in [5.74, 6) is 0.378. The first-order valence-electron chi connectivity index (χ1n) is 4.24. The minimum Gasteiger partial charge on any atom is -0.443 e. The van der Waals surface area contributed by atoms with E-state index in [1.54, 1.807) is 18.2 Å². The molecule has 0 unspecified atom stereocenters. The lowest BCUT2D eigenvalue weighted by molar-refractivity contribution is 0.570. The minimum absolute atomic E-state index is 0.226. The van der Waals surface area contributed by atoms with Crippen LogP contribution in [-0.2, 0) is 6.42 Å².